The van der Waals surface area contributed by atoms with E-state index in [-0.39, 0.29) is 0 Å². The van der Waals surface area contributed by atoms with Crippen molar-refractivity contribution in [1.29, 1.82) is 0 Å². The van der Waals surface area contributed by atoms with E-state index in [1.807, 2.05) is 0 Å². The van der Waals surface area contributed by atoms with Gasteiger partial charge in [0.2, 0.25) is 0 Å². The Morgan fingerprint density at radius 1 is 1.55 bits per heavy atom. The van der Waals surface area contributed by atoms with Gasteiger partial charge in [-0.25, -0.2) is 0 Å². The molecule has 1 atom stereocenters. The molecular formula is C4H6F3N3O. The molecule has 0 amide bonds. The molecule has 11 heavy (non-hydrogen) atoms. The Morgan fingerprint density at radius 2 is 2.00 bits per heavy atom. The van der Waals surface area contributed by atoms with Crippen LogP contribution in [0.25, 0.3) is 10.4 Å². The second-order valence-corrected chi connectivity index (χ2v) is 2.16. The van der Waals surface area contributed by atoms with Gasteiger partial charge >= 0.3 is 6.18 Å². The Morgan fingerprint density at radius 3 is 2.27 bits per heavy atom. The van der Waals surface area contributed by atoms with E-state index >= 15 is 0 Å². The molecule has 0 aromatic heterocycles. The molecule has 64 valence electrons. The molecule has 0 radical (unpaired) electrons. The van der Waals surface area contributed by atoms with Crippen LogP contribution < -0.4 is 0 Å². The van der Waals surface area contributed by atoms with Crippen LogP contribution in [0, 0.1) is 0 Å². The summed E-state index contributed by atoms with van der Waals surface area (Å²) in [5.74, 6) is 0. The summed E-state index contributed by atoms with van der Waals surface area (Å²) < 4.78 is 35.2. The van der Waals surface area contributed by atoms with E-state index in [2.05, 4.69) is 10.0 Å². The van der Waals surface area contributed by atoms with Gasteiger partial charge in [-0.15, -0.1) is 0 Å². The number of rotatable bonds is 2. The molecule has 0 bridgehead atoms. The summed E-state index contributed by atoms with van der Waals surface area (Å²) in [5.41, 5.74) is 4.74. The molecule has 0 saturated carbocycles. The maximum Gasteiger partial charge on any atom is 0.417 e. The number of azide groups is 1. The van der Waals surface area contributed by atoms with Gasteiger partial charge in [0.1, 0.15) is 0 Å². The van der Waals surface area contributed by atoms with Gasteiger partial charge in [-0.05, 0) is 12.5 Å². The Bertz CT molecular complexity index is 182. The number of nitrogens with zero attached hydrogens (tertiary/aromatic N) is 3. The maximum atomic E-state index is 11.7. The number of hydrogen-bond acceptors (Lipinski definition) is 2. The number of halogens is 3. The smallest absolute Gasteiger partial charge is 0.381 e. The summed E-state index contributed by atoms with van der Waals surface area (Å²) in [4.78, 5) is 2.10. The van der Waals surface area contributed by atoms with Gasteiger partial charge in [-0.2, -0.15) is 13.2 Å². The maximum absolute atomic E-state index is 11.7. The first-order valence-electron chi connectivity index (χ1n) is 2.61. The molecule has 0 aliphatic carbocycles. The van der Waals surface area contributed by atoms with Crippen LogP contribution in [-0.2, 0) is 0 Å². The lowest BCUT2D eigenvalue weighted by molar-refractivity contribution is -0.248. The summed E-state index contributed by atoms with van der Waals surface area (Å²) >= 11 is 0. The average Bonchev–Trinajstić information content (AvgIpc) is 1.81. The Balaban J connectivity index is 4.33. The third-order valence-corrected chi connectivity index (χ3v) is 1.05. The minimum Gasteiger partial charge on any atom is -0.381 e. The van der Waals surface area contributed by atoms with Crippen LogP contribution in [0.15, 0.2) is 5.11 Å². The van der Waals surface area contributed by atoms with Crippen LogP contribution in [0.2, 0.25) is 0 Å². The van der Waals surface area contributed by atoms with Gasteiger partial charge in [0.15, 0.2) is 5.60 Å². The van der Waals surface area contributed by atoms with E-state index in [1.54, 1.807) is 0 Å². The van der Waals surface area contributed by atoms with Crippen LogP contribution >= 0.6 is 0 Å². The van der Waals surface area contributed by atoms with Crippen LogP contribution in [0.5, 0.6) is 0 Å². The van der Waals surface area contributed by atoms with Crippen molar-refractivity contribution in [3.05, 3.63) is 10.4 Å². The molecule has 0 aromatic rings. The zero-order valence-corrected chi connectivity index (χ0v) is 5.63. The lowest BCUT2D eigenvalue weighted by atomic mass is 10.1. The van der Waals surface area contributed by atoms with Crippen LogP contribution in [0.3, 0.4) is 0 Å². The first-order valence-corrected chi connectivity index (χ1v) is 2.61. The number of alkyl halides is 3. The summed E-state index contributed by atoms with van der Waals surface area (Å²) in [6, 6.07) is 0. The highest BCUT2D eigenvalue weighted by Gasteiger charge is 2.49. The van der Waals surface area contributed by atoms with Crippen molar-refractivity contribution in [3.8, 4) is 0 Å². The molecule has 0 aliphatic rings. The van der Waals surface area contributed by atoms with E-state index in [4.69, 9.17) is 10.6 Å². The van der Waals surface area contributed by atoms with Gasteiger partial charge in [0.25, 0.3) is 0 Å². The molecule has 1 N–H and O–H groups in total. The molecular weight excluding hydrogens is 163 g/mol. The van der Waals surface area contributed by atoms with Gasteiger partial charge in [-0.1, -0.05) is 5.11 Å². The highest BCUT2D eigenvalue weighted by molar-refractivity contribution is 4.83. The fourth-order valence-corrected chi connectivity index (χ4v) is 0.259. The van der Waals surface area contributed by atoms with Crippen LogP contribution in [0.4, 0.5) is 13.2 Å². The molecule has 0 saturated heterocycles. The Kier molecular flexibility index (Phi) is 2.72. The van der Waals surface area contributed by atoms with Crippen molar-refractivity contribution >= 4 is 0 Å². The third-order valence-electron chi connectivity index (χ3n) is 1.05. The van der Waals surface area contributed by atoms with E-state index < -0.39 is 18.3 Å². The molecule has 4 nitrogen and oxygen atoms in total. The Hall–Kier alpha value is -0.940. The fraction of sp³-hybridized carbons (Fsp3) is 1.00. The summed E-state index contributed by atoms with van der Waals surface area (Å²) in [5, 5.41) is 11.2. The SMILES string of the molecule is CC(O)(CN=[N+]=[N-])C(F)(F)F. The van der Waals surface area contributed by atoms with Gasteiger partial charge in [0, 0.05) is 4.91 Å². The average molecular weight is 169 g/mol. The second kappa shape index (κ2) is 2.98. The summed E-state index contributed by atoms with van der Waals surface area (Å²) in [7, 11) is 0. The second-order valence-electron chi connectivity index (χ2n) is 2.16. The largest absolute Gasteiger partial charge is 0.417 e. The molecule has 0 aliphatic heterocycles. The molecule has 0 fully saturated rings. The quantitative estimate of drug-likeness (QED) is 0.380. The third kappa shape index (κ3) is 2.65. The van der Waals surface area contributed by atoms with E-state index in [0.717, 1.165) is 0 Å². The molecule has 0 rings (SSSR count). The lowest BCUT2D eigenvalue weighted by Gasteiger charge is -2.23. The van der Waals surface area contributed by atoms with Crippen molar-refractivity contribution in [2.24, 2.45) is 5.11 Å². The lowest BCUT2D eigenvalue weighted by Crippen LogP contribution is -2.44. The van der Waals surface area contributed by atoms with Crippen molar-refractivity contribution in [1.82, 2.24) is 0 Å². The summed E-state index contributed by atoms with van der Waals surface area (Å²) in [6.45, 7) is -0.464. The fourth-order valence-electron chi connectivity index (χ4n) is 0.259. The van der Waals surface area contributed by atoms with Crippen molar-refractivity contribution in [3.63, 3.8) is 0 Å². The van der Waals surface area contributed by atoms with Gasteiger partial charge in [-0.3, -0.25) is 0 Å². The van der Waals surface area contributed by atoms with Crippen LogP contribution in [-0.4, -0.2) is 23.4 Å². The first kappa shape index (κ1) is 10.1. The van der Waals surface area contributed by atoms with Gasteiger partial charge < -0.3 is 5.11 Å². The van der Waals surface area contributed by atoms with E-state index in [1.165, 1.54) is 0 Å². The van der Waals surface area contributed by atoms with Crippen molar-refractivity contribution in [2.75, 3.05) is 6.54 Å². The number of aliphatic hydroxyl groups is 1. The highest BCUT2D eigenvalue weighted by atomic mass is 19.4. The zero-order chi connectivity index (χ0) is 9.12. The highest BCUT2D eigenvalue weighted by Crippen LogP contribution is 2.29. The number of hydrogen-bond donors (Lipinski definition) is 1. The Labute approximate surface area is 60.3 Å². The molecule has 7 heteroatoms. The summed E-state index contributed by atoms with van der Waals surface area (Å²) in [6.07, 6.45) is -4.76. The first-order chi connectivity index (χ1) is 4.81. The molecule has 0 aromatic carbocycles. The normalized spacial score (nSPS) is 16.8. The monoisotopic (exact) mass is 169 g/mol. The molecule has 1 unspecified atom stereocenters. The molecule has 0 spiro atoms. The van der Waals surface area contributed by atoms with Crippen molar-refractivity contribution in [2.45, 2.75) is 18.7 Å². The van der Waals surface area contributed by atoms with E-state index in [9.17, 15) is 13.2 Å². The molecule has 0 heterocycles. The standard InChI is InChI=1S/C4H6F3N3O/c1-3(11,2-9-10-8)4(5,6)7/h11H,2H2,1H3. The predicted octanol–water partition coefficient (Wildman–Crippen LogP) is 1.61. The van der Waals surface area contributed by atoms with Crippen molar-refractivity contribution < 1.29 is 18.3 Å². The van der Waals surface area contributed by atoms with Gasteiger partial charge in [0.05, 0.1) is 6.54 Å². The zero-order valence-electron chi connectivity index (χ0n) is 5.63. The topological polar surface area (TPSA) is 69.0 Å². The minimum absolute atomic E-state index is 0.543. The minimum atomic E-state index is -4.76. The van der Waals surface area contributed by atoms with E-state index in [0.29, 0.717) is 6.92 Å². The van der Waals surface area contributed by atoms with Crippen LogP contribution in [0.1, 0.15) is 6.92 Å². The predicted molar refractivity (Wildman–Crippen MR) is 30.7 cm³/mol.